The van der Waals surface area contributed by atoms with Crippen molar-refractivity contribution < 1.29 is 12.9 Å². The first-order valence-electron chi connectivity index (χ1n) is 5.96. The van der Waals surface area contributed by atoms with Crippen LogP contribution in [0.25, 0.3) is 0 Å². The van der Waals surface area contributed by atoms with Crippen molar-refractivity contribution in [3.05, 3.63) is 41.8 Å². The van der Waals surface area contributed by atoms with Crippen molar-refractivity contribution in [1.82, 2.24) is 5.16 Å². The Labute approximate surface area is 112 Å². The fraction of sp³-hybridized carbons (Fsp3) is 0.308. The predicted molar refractivity (Wildman–Crippen MR) is 72.6 cm³/mol. The Kier molecular flexibility index (Phi) is 3.61. The maximum Gasteiger partial charge on any atom is 0.262 e. The first-order chi connectivity index (χ1) is 8.92. The minimum absolute atomic E-state index is 0.0506. The molecule has 5 nitrogen and oxygen atoms in total. The molecule has 0 saturated carbocycles. The number of benzene rings is 1. The lowest BCUT2D eigenvalue weighted by molar-refractivity contribution is 0.368. The van der Waals surface area contributed by atoms with Gasteiger partial charge in [-0.3, -0.25) is 4.72 Å². The number of aryl methyl sites for hydroxylation is 1. The van der Waals surface area contributed by atoms with Crippen molar-refractivity contribution >= 4 is 15.7 Å². The zero-order valence-electron chi connectivity index (χ0n) is 11.0. The third kappa shape index (κ3) is 2.78. The quantitative estimate of drug-likeness (QED) is 0.934. The second-order valence-corrected chi connectivity index (χ2v) is 6.26. The van der Waals surface area contributed by atoms with E-state index in [9.17, 15) is 8.42 Å². The summed E-state index contributed by atoms with van der Waals surface area (Å²) in [5.74, 6) is 0.590. The first-order valence-corrected chi connectivity index (χ1v) is 7.44. The van der Waals surface area contributed by atoms with Crippen molar-refractivity contribution in [1.29, 1.82) is 0 Å². The molecule has 0 amide bonds. The van der Waals surface area contributed by atoms with Crippen LogP contribution in [0.1, 0.15) is 31.2 Å². The molecule has 0 aliphatic carbocycles. The molecule has 19 heavy (non-hydrogen) atoms. The minimum Gasteiger partial charge on any atom is -0.359 e. The molecular formula is C13H16N2O3S. The molecular weight excluding hydrogens is 264 g/mol. The summed E-state index contributed by atoms with van der Waals surface area (Å²) in [4.78, 5) is 0.213. The molecule has 0 fully saturated rings. The second kappa shape index (κ2) is 5.05. The average molecular weight is 280 g/mol. The lowest BCUT2D eigenvalue weighted by atomic mass is 10.1. The molecule has 0 aliphatic heterocycles. The summed E-state index contributed by atoms with van der Waals surface area (Å²) in [7, 11) is -3.61. The van der Waals surface area contributed by atoms with Crippen molar-refractivity contribution in [2.45, 2.75) is 31.6 Å². The van der Waals surface area contributed by atoms with E-state index in [1.54, 1.807) is 37.3 Å². The van der Waals surface area contributed by atoms with Crippen LogP contribution in [0.15, 0.2) is 39.8 Å². The standard InChI is InChI=1S/C13H16N2O3S/c1-9(2)13-12(10(3)14-18-13)15-19(16,17)11-7-5-4-6-8-11/h4-9,15H,1-3H3. The fourth-order valence-corrected chi connectivity index (χ4v) is 2.85. The maximum atomic E-state index is 12.2. The van der Waals surface area contributed by atoms with Gasteiger partial charge in [-0.25, -0.2) is 8.42 Å². The number of rotatable bonds is 4. The summed E-state index contributed by atoms with van der Waals surface area (Å²) in [5, 5.41) is 3.81. The molecule has 2 aromatic rings. The number of hydrogen-bond donors (Lipinski definition) is 1. The molecule has 0 spiro atoms. The number of sulfonamides is 1. The largest absolute Gasteiger partial charge is 0.359 e. The van der Waals surface area contributed by atoms with Gasteiger partial charge in [0.2, 0.25) is 0 Å². The van der Waals surface area contributed by atoms with E-state index in [1.807, 2.05) is 13.8 Å². The normalized spacial score (nSPS) is 11.8. The van der Waals surface area contributed by atoms with Crippen LogP contribution in [0.2, 0.25) is 0 Å². The lowest BCUT2D eigenvalue weighted by Gasteiger charge is -2.09. The molecule has 0 unspecified atom stereocenters. The van der Waals surface area contributed by atoms with Gasteiger partial charge < -0.3 is 4.52 Å². The van der Waals surface area contributed by atoms with E-state index in [4.69, 9.17) is 4.52 Å². The molecule has 6 heteroatoms. The van der Waals surface area contributed by atoms with Crippen molar-refractivity contribution in [2.75, 3.05) is 4.72 Å². The summed E-state index contributed by atoms with van der Waals surface area (Å²) in [6.07, 6.45) is 0. The second-order valence-electron chi connectivity index (χ2n) is 4.58. The van der Waals surface area contributed by atoms with E-state index in [1.165, 1.54) is 0 Å². The van der Waals surface area contributed by atoms with Crippen LogP contribution in [0, 0.1) is 6.92 Å². The van der Waals surface area contributed by atoms with E-state index in [-0.39, 0.29) is 10.8 Å². The van der Waals surface area contributed by atoms with Gasteiger partial charge in [0.15, 0.2) is 5.76 Å². The summed E-state index contributed by atoms with van der Waals surface area (Å²) in [6.45, 7) is 5.54. The number of aromatic nitrogens is 1. The Bertz CT molecular complexity index is 660. The van der Waals surface area contributed by atoms with E-state index >= 15 is 0 Å². The topological polar surface area (TPSA) is 72.2 Å². The monoisotopic (exact) mass is 280 g/mol. The lowest BCUT2D eigenvalue weighted by Crippen LogP contribution is -2.14. The van der Waals surface area contributed by atoms with Crippen LogP contribution < -0.4 is 4.72 Å². The summed E-state index contributed by atoms with van der Waals surface area (Å²) in [6, 6.07) is 8.21. The van der Waals surface area contributed by atoms with Gasteiger partial charge in [-0.05, 0) is 19.1 Å². The van der Waals surface area contributed by atoms with Gasteiger partial charge >= 0.3 is 0 Å². The van der Waals surface area contributed by atoms with Gasteiger partial charge in [0.1, 0.15) is 11.4 Å². The van der Waals surface area contributed by atoms with Crippen molar-refractivity contribution in [2.24, 2.45) is 0 Å². The molecule has 0 atom stereocenters. The number of hydrogen-bond acceptors (Lipinski definition) is 4. The van der Waals surface area contributed by atoms with Crippen LogP contribution in [0.3, 0.4) is 0 Å². The molecule has 0 saturated heterocycles. The Hall–Kier alpha value is -1.82. The average Bonchev–Trinajstić information content (AvgIpc) is 2.72. The highest BCUT2D eigenvalue weighted by Crippen LogP contribution is 2.29. The van der Waals surface area contributed by atoms with E-state index in [2.05, 4.69) is 9.88 Å². The number of nitrogens with zero attached hydrogens (tertiary/aromatic N) is 1. The van der Waals surface area contributed by atoms with Crippen LogP contribution in [-0.4, -0.2) is 13.6 Å². The molecule has 0 radical (unpaired) electrons. The van der Waals surface area contributed by atoms with Gasteiger partial charge in [-0.2, -0.15) is 0 Å². The maximum absolute atomic E-state index is 12.2. The minimum atomic E-state index is -3.61. The third-order valence-corrected chi connectivity index (χ3v) is 4.07. The predicted octanol–water partition coefficient (Wildman–Crippen LogP) is 2.91. The smallest absolute Gasteiger partial charge is 0.262 e. The Balaban J connectivity index is 2.39. The summed E-state index contributed by atoms with van der Waals surface area (Å²) >= 11 is 0. The fourth-order valence-electron chi connectivity index (χ4n) is 1.70. The van der Waals surface area contributed by atoms with Crippen LogP contribution >= 0.6 is 0 Å². The first kappa shape index (κ1) is 13.6. The Morgan fingerprint density at radius 1 is 1.21 bits per heavy atom. The summed E-state index contributed by atoms with van der Waals surface area (Å²) in [5.41, 5.74) is 0.960. The zero-order valence-corrected chi connectivity index (χ0v) is 11.9. The Morgan fingerprint density at radius 2 is 1.84 bits per heavy atom. The molecule has 102 valence electrons. The molecule has 1 heterocycles. The van der Waals surface area contributed by atoms with Gasteiger partial charge in [-0.1, -0.05) is 37.2 Å². The highest BCUT2D eigenvalue weighted by atomic mass is 32.2. The number of nitrogens with one attached hydrogen (secondary N) is 1. The van der Waals surface area contributed by atoms with Gasteiger partial charge in [0.25, 0.3) is 10.0 Å². The highest BCUT2D eigenvalue weighted by Gasteiger charge is 2.22. The highest BCUT2D eigenvalue weighted by molar-refractivity contribution is 7.92. The van der Waals surface area contributed by atoms with E-state index in [0.717, 1.165) is 0 Å². The van der Waals surface area contributed by atoms with Gasteiger partial charge in [-0.15, -0.1) is 0 Å². The zero-order chi connectivity index (χ0) is 14.0. The Morgan fingerprint density at radius 3 is 2.42 bits per heavy atom. The van der Waals surface area contributed by atoms with Crippen LogP contribution in [0.4, 0.5) is 5.69 Å². The molecule has 1 aromatic heterocycles. The van der Waals surface area contributed by atoms with Crippen LogP contribution in [-0.2, 0) is 10.0 Å². The molecule has 2 rings (SSSR count). The summed E-state index contributed by atoms with van der Waals surface area (Å²) < 4.78 is 32.2. The van der Waals surface area contributed by atoms with Crippen LogP contribution in [0.5, 0.6) is 0 Å². The van der Waals surface area contributed by atoms with E-state index in [0.29, 0.717) is 17.1 Å². The molecule has 0 aliphatic rings. The van der Waals surface area contributed by atoms with Gasteiger partial charge in [0.05, 0.1) is 4.90 Å². The SMILES string of the molecule is Cc1noc(C(C)C)c1NS(=O)(=O)c1ccccc1. The molecule has 1 aromatic carbocycles. The third-order valence-electron chi connectivity index (χ3n) is 2.70. The van der Waals surface area contributed by atoms with Gasteiger partial charge in [0, 0.05) is 5.92 Å². The molecule has 0 bridgehead atoms. The molecule has 1 N–H and O–H groups in total. The van der Waals surface area contributed by atoms with E-state index < -0.39 is 10.0 Å². The van der Waals surface area contributed by atoms with Crippen molar-refractivity contribution in [3.63, 3.8) is 0 Å². The van der Waals surface area contributed by atoms with Crippen molar-refractivity contribution in [3.8, 4) is 0 Å². The number of anilines is 1.